The van der Waals surface area contributed by atoms with Crippen LogP contribution >= 0.6 is 22.9 Å². The summed E-state index contributed by atoms with van der Waals surface area (Å²) >= 11 is 7.02. The first-order valence-corrected chi connectivity index (χ1v) is 7.44. The summed E-state index contributed by atoms with van der Waals surface area (Å²) < 4.78 is 13.5. The van der Waals surface area contributed by atoms with E-state index in [1.54, 1.807) is 6.07 Å². The maximum Gasteiger partial charge on any atom is 0.147 e. The summed E-state index contributed by atoms with van der Waals surface area (Å²) in [7, 11) is 0. The summed E-state index contributed by atoms with van der Waals surface area (Å²) in [6, 6.07) is 13.9. The zero-order valence-corrected chi connectivity index (χ0v) is 12.4. The maximum atomic E-state index is 13.5. The van der Waals surface area contributed by atoms with Crippen LogP contribution in [0.25, 0.3) is 10.6 Å². The lowest BCUT2D eigenvalue weighted by Crippen LogP contribution is -2.11. The Balaban J connectivity index is 1.91. The first-order chi connectivity index (χ1) is 10.1. The topological polar surface area (TPSA) is 51.8 Å². The molecule has 0 aliphatic heterocycles. The second-order valence-corrected chi connectivity index (χ2v) is 5.88. The highest BCUT2D eigenvalue weighted by Crippen LogP contribution is 2.30. The van der Waals surface area contributed by atoms with Gasteiger partial charge in [-0.25, -0.2) is 4.39 Å². The lowest BCUT2D eigenvalue weighted by atomic mass is 10.1. The van der Waals surface area contributed by atoms with Crippen molar-refractivity contribution in [3.8, 4) is 10.6 Å². The fourth-order valence-corrected chi connectivity index (χ4v) is 2.90. The third-order valence-electron chi connectivity index (χ3n) is 3.03. The van der Waals surface area contributed by atoms with Gasteiger partial charge in [-0.15, -0.1) is 10.2 Å². The molecule has 1 unspecified atom stereocenters. The number of hydrogen-bond donors (Lipinski definition) is 1. The number of hydrogen-bond acceptors (Lipinski definition) is 4. The Labute approximate surface area is 130 Å². The molecule has 2 N–H and O–H groups in total. The van der Waals surface area contributed by atoms with Gasteiger partial charge < -0.3 is 5.73 Å². The van der Waals surface area contributed by atoms with Crippen molar-refractivity contribution >= 4 is 22.9 Å². The summed E-state index contributed by atoms with van der Waals surface area (Å²) in [6.07, 6.45) is 0. The Kier molecular flexibility index (Phi) is 3.96. The van der Waals surface area contributed by atoms with Gasteiger partial charge in [0.15, 0.2) is 0 Å². The van der Waals surface area contributed by atoms with E-state index in [-0.39, 0.29) is 11.1 Å². The van der Waals surface area contributed by atoms with Crippen molar-refractivity contribution in [1.29, 1.82) is 0 Å². The zero-order valence-electron chi connectivity index (χ0n) is 10.8. The smallest absolute Gasteiger partial charge is 0.147 e. The molecule has 106 valence electrons. The van der Waals surface area contributed by atoms with E-state index in [4.69, 9.17) is 17.3 Å². The van der Waals surface area contributed by atoms with Crippen LogP contribution in [-0.2, 0) is 0 Å². The van der Waals surface area contributed by atoms with E-state index in [0.717, 1.165) is 5.56 Å². The molecule has 0 saturated heterocycles. The largest absolute Gasteiger partial charge is 0.318 e. The fourth-order valence-electron chi connectivity index (χ4n) is 1.91. The Hall–Kier alpha value is -1.82. The molecule has 0 aliphatic carbocycles. The molecule has 0 bridgehead atoms. The lowest BCUT2D eigenvalue weighted by Gasteiger charge is -2.06. The summed E-state index contributed by atoms with van der Waals surface area (Å²) in [5.41, 5.74) is 7.77. The molecule has 1 atom stereocenters. The normalized spacial score (nSPS) is 12.3. The molecule has 1 aromatic heterocycles. The highest BCUT2D eigenvalue weighted by Gasteiger charge is 2.15. The van der Waals surface area contributed by atoms with Crippen LogP contribution in [0, 0.1) is 5.82 Å². The van der Waals surface area contributed by atoms with Gasteiger partial charge >= 0.3 is 0 Å². The van der Waals surface area contributed by atoms with Gasteiger partial charge in [0.1, 0.15) is 15.8 Å². The minimum absolute atomic E-state index is 0.0875. The van der Waals surface area contributed by atoms with Crippen molar-refractivity contribution in [3.63, 3.8) is 0 Å². The van der Waals surface area contributed by atoms with Crippen molar-refractivity contribution in [2.45, 2.75) is 6.04 Å². The average molecular weight is 320 g/mol. The second kappa shape index (κ2) is 5.89. The first kappa shape index (κ1) is 14.1. The highest BCUT2D eigenvalue weighted by molar-refractivity contribution is 7.14. The Morgan fingerprint density at radius 3 is 2.57 bits per heavy atom. The van der Waals surface area contributed by atoms with Crippen molar-refractivity contribution in [2.24, 2.45) is 5.73 Å². The lowest BCUT2D eigenvalue weighted by molar-refractivity contribution is 0.629. The second-order valence-electron chi connectivity index (χ2n) is 4.46. The summed E-state index contributed by atoms with van der Waals surface area (Å²) in [6.45, 7) is 0. The van der Waals surface area contributed by atoms with E-state index in [9.17, 15) is 4.39 Å². The molecule has 6 heteroatoms. The van der Waals surface area contributed by atoms with Gasteiger partial charge in [0.25, 0.3) is 0 Å². The maximum absolute atomic E-state index is 13.5. The van der Waals surface area contributed by atoms with E-state index in [1.807, 2.05) is 30.3 Å². The average Bonchev–Trinajstić information content (AvgIpc) is 3.00. The van der Waals surface area contributed by atoms with Crippen LogP contribution in [0.5, 0.6) is 0 Å². The van der Waals surface area contributed by atoms with Crippen LogP contribution in [-0.4, -0.2) is 10.2 Å². The van der Waals surface area contributed by atoms with Gasteiger partial charge in [0.2, 0.25) is 0 Å². The fraction of sp³-hybridized carbons (Fsp3) is 0.0667. The molecule has 0 radical (unpaired) electrons. The van der Waals surface area contributed by atoms with Gasteiger partial charge in [0.05, 0.1) is 11.1 Å². The SMILES string of the molecule is NC(c1ccccc1)c1nnc(-c2ccc(Cl)c(F)c2)s1. The molecule has 0 aliphatic rings. The van der Waals surface area contributed by atoms with E-state index in [2.05, 4.69) is 10.2 Å². The third kappa shape index (κ3) is 2.95. The molecular formula is C15H11ClFN3S. The molecule has 2 aromatic carbocycles. The van der Waals surface area contributed by atoms with Gasteiger partial charge in [-0.2, -0.15) is 0 Å². The molecule has 21 heavy (non-hydrogen) atoms. The molecular weight excluding hydrogens is 309 g/mol. The standard InChI is InChI=1S/C15H11ClFN3S/c16-11-7-6-10(8-12(11)17)14-19-20-15(21-14)13(18)9-4-2-1-3-5-9/h1-8,13H,18H2. The summed E-state index contributed by atoms with van der Waals surface area (Å²) in [4.78, 5) is 0. The van der Waals surface area contributed by atoms with Crippen LogP contribution in [0.1, 0.15) is 16.6 Å². The molecule has 3 rings (SSSR count). The Morgan fingerprint density at radius 1 is 1.10 bits per heavy atom. The molecule has 0 saturated carbocycles. The predicted octanol–water partition coefficient (Wildman–Crippen LogP) is 4.05. The molecule has 0 fully saturated rings. The van der Waals surface area contributed by atoms with Gasteiger partial charge in [-0.05, 0) is 17.7 Å². The van der Waals surface area contributed by atoms with Gasteiger partial charge in [0, 0.05) is 5.56 Å². The Bertz CT molecular complexity index is 761. The number of halogens is 2. The van der Waals surface area contributed by atoms with Crippen LogP contribution in [0.4, 0.5) is 4.39 Å². The Morgan fingerprint density at radius 2 is 1.86 bits per heavy atom. The van der Waals surface area contributed by atoms with Crippen molar-refractivity contribution in [3.05, 3.63) is 69.9 Å². The van der Waals surface area contributed by atoms with Crippen molar-refractivity contribution < 1.29 is 4.39 Å². The van der Waals surface area contributed by atoms with E-state index in [0.29, 0.717) is 15.6 Å². The monoisotopic (exact) mass is 319 g/mol. The van der Waals surface area contributed by atoms with Crippen LogP contribution in [0.15, 0.2) is 48.5 Å². The van der Waals surface area contributed by atoms with Crippen molar-refractivity contribution in [2.75, 3.05) is 0 Å². The number of nitrogens with zero attached hydrogens (tertiary/aromatic N) is 2. The highest BCUT2D eigenvalue weighted by atomic mass is 35.5. The number of aromatic nitrogens is 2. The summed E-state index contributed by atoms with van der Waals surface area (Å²) in [5.74, 6) is -0.474. The van der Waals surface area contributed by atoms with E-state index in [1.165, 1.54) is 23.5 Å². The first-order valence-electron chi connectivity index (χ1n) is 6.24. The third-order valence-corrected chi connectivity index (χ3v) is 4.39. The van der Waals surface area contributed by atoms with E-state index < -0.39 is 5.82 Å². The van der Waals surface area contributed by atoms with Crippen LogP contribution < -0.4 is 5.73 Å². The zero-order chi connectivity index (χ0) is 14.8. The molecule has 0 amide bonds. The number of benzene rings is 2. The molecule has 3 aromatic rings. The molecule has 0 spiro atoms. The quantitative estimate of drug-likeness (QED) is 0.792. The van der Waals surface area contributed by atoms with Gasteiger partial charge in [-0.1, -0.05) is 59.3 Å². The minimum atomic E-state index is -0.474. The van der Waals surface area contributed by atoms with E-state index >= 15 is 0 Å². The molecule has 1 heterocycles. The number of rotatable bonds is 3. The summed E-state index contributed by atoms with van der Waals surface area (Å²) in [5, 5.41) is 9.58. The molecule has 3 nitrogen and oxygen atoms in total. The van der Waals surface area contributed by atoms with Gasteiger partial charge in [-0.3, -0.25) is 0 Å². The van der Waals surface area contributed by atoms with Crippen LogP contribution in [0.3, 0.4) is 0 Å². The predicted molar refractivity (Wildman–Crippen MR) is 82.8 cm³/mol. The van der Waals surface area contributed by atoms with Crippen LogP contribution in [0.2, 0.25) is 5.02 Å². The minimum Gasteiger partial charge on any atom is -0.318 e. The van der Waals surface area contributed by atoms with Crippen molar-refractivity contribution in [1.82, 2.24) is 10.2 Å². The number of nitrogens with two attached hydrogens (primary N) is 1.